The summed E-state index contributed by atoms with van der Waals surface area (Å²) in [7, 11) is 0. The molecule has 2 rings (SSSR count). The summed E-state index contributed by atoms with van der Waals surface area (Å²) in [6, 6.07) is 0. The van der Waals surface area contributed by atoms with E-state index in [2.05, 4.69) is 20.8 Å². The van der Waals surface area contributed by atoms with Gasteiger partial charge in [-0.3, -0.25) is 0 Å². The first-order chi connectivity index (χ1) is 6.38. The number of alkyl halides is 1. The summed E-state index contributed by atoms with van der Waals surface area (Å²) in [5.41, 5.74) is 0. The van der Waals surface area contributed by atoms with Crippen molar-refractivity contribution in [2.24, 2.45) is 11.8 Å². The molecule has 0 unspecified atom stereocenters. The standard InChI is InChI=1S/C11H20BrN/c12-9-11-4-7-13(8-5-11)6-3-10-1-2-10/h10-11H,1-9H2. The number of rotatable bonds is 4. The molecule has 0 N–H and O–H groups in total. The normalized spacial score (nSPS) is 26.5. The Morgan fingerprint density at radius 1 is 1.00 bits per heavy atom. The predicted octanol–water partition coefficient (Wildman–Crippen LogP) is 2.89. The van der Waals surface area contributed by atoms with Crippen molar-refractivity contribution in [1.82, 2.24) is 4.90 Å². The molecule has 1 nitrogen and oxygen atoms in total. The minimum absolute atomic E-state index is 0.956. The Balaban J connectivity index is 1.59. The Kier molecular flexibility index (Phi) is 3.67. The Bertz CT molecular complexity index is 148. The summed E-state index contributed by atoms with van der Waals surface area (Å²) in [6.07, 6.45) is 7.32. The van der Waals surface area contributed by atoms with Gasteiger partial charge in [0.15, 0.2) is 0 Å². The van der Waals surface area contributed by atoms with E-state index in [0.717, 1.165) is 11.8 Å². The van der Waals surface area contributed by atoms with Gasteiger partial charge in [-0.15, -0.1) is 0 Å². The van der Waals surface area contributed by atoms with Crippen LogP contribution in [0.25, 0.3) is 0 Å². The van der Waals surface area contributed by atoms with Crippen LogP contribution >= 0.6 is 15.9 Å². The first-order valence-electron chi connectivity index (χ1n) is 5.67. The number of piperidine rings is 1. The molecule has 0 spiro atoms. The molecule has 2 fully saturated rings. The van der Waals surface area contributed by atoms with Crippen LogP contribution in [0, 0.1) is 11.8 Å². The molecule has 1 aliphatic heterocycles. The van der Waals surface area contributed by atoms with Crippen LogP contribution in [-0.4, -0.2) is 29.9 Å². The molecule has 1 saturated heterocycles. The lowest BCUT2D eigenvalue weighted by molar-refractivity contribution is 0.190. The Labute approximate surface area is 90.0 Å². The van der Waals surface area contributed by atoms with Gasteiger partial charge in [0.1, 0.15) is 0 Å². The largest absolute Gasteiger partial charge is 0.303 e. The summed E-state index contributed by atoms with van der Waals surface area (Å²) >= 11 is 3.58. The van der Waals surface area contributed by atoms with Crippen molar-refractivity contribution in [2.75, 3.05) is 25.0 Å². The van der Waals surface area contributed by atoms with Gasteiger partial charge >= 0.3 is 0 Å². The van der Waals surface area contributed by atoms with Crippen molar-refractivity contribution >= 4 is 15.9 Å². The highest BCUT2D eigenvalue weighted by molar-refractivity contribution is 9.09. The van der Waals surface area contributed by atoms with Crippen LogP contribution in [0.1, 0.15) is 32.1 Å². The molecule has 13 heavy (non-hydrogen) atoms. The average Bonchev–Trinajstić information content (AvgIpc) is 2.99. The van der Waals surface area contributed by atoms with Crippen LogP contribution in [0.3, 0.4) is 0 Å². The molecule has 0 aromatic rings. The maximum atomic E-state index is 3.58. The number of halogens is 1. The summed E-state index contributed by atoms with van der Waals surface area (Å²) in [4.78, 5) is 2.66. The highest BCUT2D eigenvalue weighted by Gasteiger charge is 2.23. The molecule has 0 radical (unpaired) electrons. The van der Waals surface area contributed by atoms with Gasteiger partial charge in [0, 0.05) is 5.33 Å². The highest BCUT2D eigenvalue weighted by Crippen LogP contribution is 2.32. The second kappa shape index (κ2) is 4.79. The van der Waals surface area contributed by atoms with E-state index in [1.165, 1.54) is 57.1 Å². The molecule has 0 amide bonds. The van der Waals surface area contributed by atoms with Crippen molar-refractivity contribution in [3.8, 4) is 0 Å². The molecular formula is C11H20BrN. The zero-order valence-electron chi connectivity index (χ0n) is 8.34. The van der Waals surface area contributed by atoms with Crippen LogP contribution in [0.4, 0.5) is 0 Å². The predicted molar refractivity (Wildman–Crippen MR) is 60.3 cm³/mol. The fraction of sp³-hybridized carbons (Fsp3) is 1.00. The number of hydrogen-bond acceptors (Lipinski definition) is 1. The van der Waals surface area contributed by atoms with Gasteiger partial charge in [-0.2, -0.15) is 0 Å². The minimum atomic E-state index is 0.956. The Morgan fingerprint density at radius 2 is 1.69 bits per heavy atom. The molecular weight excluding hydrogens is 226 g/mol. The number of likely N-dealkylation sites (tertiary alicyclic amines) is 1. The zero-order chi connectivity index (χ0) is 9.10. The Hall–Kier alpha value is 0.440. The third-order valence-electron chi connectivity index (χ3n) is 3.48. The summed E-state index contributed by atoms with van der Waals surface area (Å²) < 4.78 is 0. The van der Waals surface area contributed by atoms with Gasteiger partial charge in [0.2, 0.25) is 0 Å². The van der Waals surface area contributed by atoms with Crippen molar-refractivity contribution < 1.29 is 0 Å². The van der Waals surface area contributed by atoms with Gasteiger partial charge in [0.25, 0.3) is 0 Å². The van der Waals surface area contributed by atoms with Crippen molar-refractivity contribution in [3.05, 3.63) is 0 Å². The molecule has 0 bridgehead atoms. The van der Waals surface area contributed by atoms with Crippen molar-refractivity contribution in [2.45, 2.75) is 32.1 Å². The van der Waals surface area contributed by atoms with E-state index in [4.69, 9.17) is 0 Å². The third kappa shape index (κ3) is 3.25. The molecule has 1 heterocycles. The van der Waals surface area contributed by atoms with E-state index in [9.17, 15) is 0 Å². The average molecular weight is 246 g/mol. The lowest BCUT2D eigenvalue weighted by Gasteiger charge is -2.31. The van der Waals surface area contributed by atoms with Crippen LogP contribution in [0.2, 0.25) is 0 Å². The second-order valence-electron chi connectivity index (χ2n) is 4.67. The summed E-state index contributed by atoms with van der Waals surface area (Å²) in [5, 5.41) is 1.21. The van der Waals surface area contributed by atoms with Gasteiger partial charge < -0.3 is 4.90 Å². The van der Waals surface area contributed by atoms with Crippen molar-refractivity contribution in [3.63, 3.8) is 0 Å². The van der Waals surface area contributed by atoms with Gasteiger partial charge in [0.05, 0.1) is 0 Å². The summed E-state index contributed by atoms with van der Waals surface area (Å²) in [6.45, 7) is 4.08. The van der Waals surface area contributed by atoms with Crippen LogP contribution in [0.15, 0.2) is 0 Å². The van der Waals surface area contributed by atoms with Crippen LogP contribution < -0.4 is 0 Å². The lowest BCUT2D eigenvalue weighted by atomic mass is 9.99. The lowest BCUT2D eigenvalue weighted by Crippen LogP contribution is -2.34. The van der Waals surface area contributed by atoms with E-state index in [1.54, 1.807) is 0 Å². The fourth-order valence-electron chi connectivity index (χ4n) is 2.14. The minimum Gasteiger partial charge on any atom is -0.303 e. The molecule has 0 aromatic carbocycles. The smallest absolute Gasteiger partial charge is 0.00606 e. The zero-order valence-corrected chi connectivity index (χ0v) is 9.93. The van der Waals surface area contributed by atoms with Gasteiger partial charge in [-0.1, -0.05) is 28.8 Å². The topological polar surface area (TPSA) is 3.24 Å². The Morgan fingerprint density at radius 3 is 2.23 bits per heavy atom. The van der Waals surface area contributed by atoms with Crippen molar-refractivity contribution in [1.29, 1.82) is 0 Å². The molecule has 1 aliphatic carbocycles. The first kappa shape index (κ1) is 9.97. The molecule has 76 valence electrons. The maximum absolute atomic E-state index is 3.58. The molecule has 0 aromatic heterocycles. The SMILES string of the molecule is BrCC1CCN(CCC2CC2)CC1. The van der Waals surface area contributed by atoms with E-state index in [0.29, 0.717) is 0 Å². The maximum Gasteiger partial charge on any atom is 0.00606 e. The number of nitrogens with zero attached hydrogens (tertiary/aromatic N) is 1. The second-order valence-corrected chi connectivity index (χ2v) is 5.32. The van der Waals surface area contributed by atoms with E-state index < -0.39 is 0 Å². The highest BCUT2D eigenvalue weighted by atomic mass is 79.9. The number of hydrogen-bond donors (Lipinski definition) is 0. The molecule has 2 aliphatic rings. The van der Waals surface area contributed by atoms with Crippen LogP contribution in [0.5, 0.6) is 0 Å². The van der Waals surface area contributed by atoms with E-state index in [-0.39, 0.29) is 0 Å². The van der Waals surface area contributed by atoms with E-state index >= 15 is 0 Å². The molecule has 0 atom stereocenters. The quantitative estimate of drug-likeness (QED) is 0.689. The van der Waals surface area contributed by atoms with E-state index in [1.807, 2.05) is 0 Å². The third-order valence-corrected chi connectivity index (χ3v) is 4.39. The fourth-order valence-corrected chi connectivity index (χ4v) is 2.78. The first-order valence-corrected chi connectivity index (χ1v) is 6.79. The summed E-state index contributed by atoms with van der Waals surface area (Å²) in [5.74, 6) is 2.06. The van der Waals surface area contributed by atoms with Gasteiger partial charge in [-0.05, 0) is 50.7 Å². The molecule has 2 heteroatoms. The van der Waals surface area contributed by atoms with Crippen LogP contribution in [-0.2, 0) is 0 Å². The monoisotopic (exact) mass is 245 g/mol. The molecule has 1 saturated carbocycles. The van der Waals surface area contributed by atoms with Gasteiger partial charge in [-0.25, -0.2) is 0 Å².